The zero-order chi connectivity index (χ0) is 12.7. The summed E-state index contributed by atoms with van der Waals surface area (Å²) in [5, 5.41) is 1.53. The predicted molar refractivity (Wildman–Crippen MR) is 73.2 cm³/mol. The highest BCUT2D eigenvalue weighted by Crippen LogP contribution is 2.24. The van der Waals surface area contributed by atoms with Gasteiger partial charge in [-0.05, 0) is 23.8 Å². The van der Waals surface area contributed by atoms with Gasteiger partial charge >= 0.3 is 0 Å². The van der Waals surface area contributed by atoms with Gasteiger partial charge in [0.2, 0.25) is 0 Å². The van der Waals surface area contributed by atoms with Gasteiger partial charge in [0, 0.05) is 12.6 Å². The second-order valence-electron chi connectivity index (χ2n) is 4.01. The normalized spacial score (nSPS) is 11.2. The summed E-state index contributed by atoms with van der Waals surface area (Å²) in [7, 11) is 1.92. The second-order valence-corrected chi connectivity index (χ2v) is 4.79. The molecule has 0 aromatic heterocycles. The van der Waals surface area contributed by atoms with Gasteiger partial charge in [0.1, 0.15) is 5.82 Å². The lowest BCUT2D eigenvalue weighted by atomic mass is 10.1. The number of benzene rings is 1. The molecule has 3 rings (SSSR count). The Morgan fingerprint density at radius 2 is 2.00 bits per heavy atom. The Labute approximate surface area is 108 Å². The lowest BCUT2D eigenvalue weighted by molar-refractivity contribution is 0.850. The van der Waals surface area contributed by atoms with Crippen molar-refractivity contribution in [2.45, 2.75) is 5.16 Å². The number of pyridine rings is 1. The van der Waals surface area contributed by atoms with E-state index in [1.807, 2.05) is 48.2 Å². The van der Waals surface area contributed by atoms with Gasteiger partial charge in [-0.25, -0.2) is 4.98 Å². The smallest absolute Gasteiger partial charge is 0.283 e. The van der Waals surface area contributed by atoms with Crippen LogP contribution >= 0.6 is 11.8 Å². The van der Waals surface area contributed by atoms with Crippen molar-refractivity contribution < 1.29 is 0 Å². The van der Waals surface area contributed by atoms with Crippen LogP contribution in [-0.2, 0) is 7.05 Å². The maximum absolute atomic E-state index is 12.0. The molecule has 0 unspecified atom stereocenters. The van der Waals surface area contributed by atoms with Crippen LogP contribution in [0.3, 0.4) is 0 Å². The molecule has 0 atom stereocenters. The molecule has 0 bridgehead atoms. The van der Waals surface area contributed by atoms with Gasteiger partial charge in [-0.3, -0.25) is 4.79 Å². The highest BCUT2D eigenvalue weighted by atomic mass is 32.2. The number of para-hydroxylation sites is 1. The predicted octanol–water partition coefficient (Wildman–Crippen LogP) is 2.16. The summed E-state index contributed by atoms with van der Waals surface area (Å²) in [6, 6.07) is 9.78. The molecule has 0 amide bonds. The van der Waals surface area contributed by atoms with Crippen molar-refractivity contribution >= 4 is 22.7 Å². The summed E-state index contributed by atoms with van der Waals surface area (Å²) in [5.74, 6) is 0.679. The first-order valence-electron chi connectivity index (χ1n) is 5.51. The molecule has 0 fully saturated rings. The van der Waals surface area contributed by atoms with Crippen molar-refractivity contribution in [1.82, 2.24) is 14.5 Å². The van der Waals surface area contributed by atoms with E-state index in [1.165, 1.54) is 11.8 Å². The van der Waals surface area contributed by atoms with Crippen molar-refractivity contribution in [3.8, 4) is 11.4 Å². The number of fused-ring (bicyclic) bond motifs is 2. The van der Waals surface area contributed by atoms with Gasteiger partial charge < -0.3 is 4.57 Å². The molecule has 0 saturated carbocycles. The molecule has 0 saturated heterocycles. The third kappa shape index (κ3) is 1.59. The largest absolute Gasteiger partial charge is 0.328 e. The van der Waals surface area contributed by atoms with E-state index in [1.54, 1.807) is 0 Å². The zero-order valence-electron chi connectivity index (χ0n) is 10.0. The summed E-state index contributed by atoms with van der Waals surface area (Å²) in [6.45, 7) is 0. The first-order chi connectivity index (χ1) is 8.70. The van der Waals surface area contributed by atoms with E-state index in [0.717, 1.165) is 10.9 Å². The molecule has 18 heavy (non-hydrogen) atoms. The topological polar surface area (TPSA) is 47.8 Å². The van der Waals surface area contributed by atoms with E-state index in [-0.39, 0.29) is 5.56 Å². The minimum absolute atomic E-state index is 0.217. The molecule has 1 aromatic carbocycles. The van der Waals surface area contributed by atoms with E-state index in [9.17, 15) is 4.79 Å². The maximum atomic E-state index is 12.0. The standard InChI is InChI=1S/C13H11N3OS/c1-16-10-6-4-3-5-8(10)7-9-11(16)14-13(18-2)15-12(9)17/h3-7H,1-2H3. The van der Waals surface area contributed by atoms with Gasteiger partial charge in [0.05, 0.1) is 5.56 Å². The number of hydrogen-bond donors (Lipinski definition) is 0. The van der Waals surface area contributed by atoms with Gasteiger partial charge in [-0.2, -0.15) is 4.98 Å². The highest BCUT2D eigenvalue weighted by Gasteiger charge is 2.15. The number of thioether (sulfide) groups is 1. The summed E-state index contributed by atoms with van der Waals surface area (Å²) in [5.41, 5.74) is 1.40. The lowest BCUT2D eigenvalue weighted by Crippen LogP contribution is -2.17. The molecule has 90 valence electrons. The molecule has 2 aliphatic rings. The minimum Gasteiger partial charge on any atom is -0.328 e. The van der Waals surface area contributed by atoms with Gasteiger partial charge in [-0.1, -0.05) is 30.0 Å². The number of hydrogen-bond acceptors (Lipinski definition) is 4. The van der Waals surface area contributed by atoms with Crippen LogP contribution in [0.15, 0.2) is 40.3 Å². The van der Waals surface area contributed by atoms with Crippen LogP contribution in [-0.4, -0.2) is 20.8 Å². The summed E-state index contributed by atoms with van der Waals surface area (Å²) in [4.78, 5) is 20.3. The molecule has 0 spiro atoms. The van der Waals surface area contributed by atoms with Crippen LogP contribution < -0.4 is 5.56 Å². The average Bonchev–Trinajstić information content (AvgIpc) is 2.40. The van der Waals surface area contributed by atoms with E-state index in [4.69, 9.17) is 0 Å². The molecule has 5 heteroatoms. The Kier molecular flexibility index (Phi) is 2.56. The van der Waals surface area contributed by atoms with E-state index in [2.05, 4.69) is 9.97 Å². The van der Waals surface area contributed by atoms with E-state index >= 15 is 0 Å². The molecule has 2 aliphatic heterocycles. The Bertz CT molecular complexity index is 766. The van der Waals surface area contributed by atoms with E-state index in [0.29, 0.717) is 16.5 Å². The molecular weight excluding hydrogens is 246 g/mol. The van der Waals surface area contributed by atoms with Crippen LogP contribution in [0.5, 0.6) is 0 Å². The number of aromatic nitrogens is 3. The SMILES string of the molecule is CSc1nc2n(C)c3ccccc3cc-2c(=O)n1. The zero-order valence-corrected chi connectivity index (χ0v) is 10.9. The van der Waals surface area contributed by atoms with Gasteiger partial charge in [-0.15, -0.1) is 0 Å². The van der Waals surface area contributed by atoms with Crippen LogP contribution in [0.4, 0.5) is 0 Å². The van der Waals surface area contributed by atoms with E-state index < -0.39 is 0 Å². The van der Waals surface area contributed by atoms with Crippen molar-refractivity contribution in [2.24, 2.45) is 7.05 Å². The fourth-order valence-electron chi connectivity index (χ4n) is 2.08. The van der Waals surface area contributed by atoms with Gasteiger partial charge in [0.15, 0.2) is 5.16 Å². The average molecular weight is 257 g/mol. The first kappa shape index (κ1) is 11.2. The number of nitrogens with zero attached hydrogens (tertiary/aromatic N) is 3. The second kappa shape index (κ2) is 4.10. The summed E-state index contributed by atoms with van der Waals surface area (Å²) in [6.07, 6.45) is 1.86. The lowest BCUT2D eigenvalue weighted by Gasteiger charge is -2.13. The molecule has 0 N–H and O–H groups in total. The molecule has 4 nitrogen and oxygen atoms in total. The third-order valence-electron chi connectivity index (χ3n) is 2.97. The Morgan fingerprint density at radius 3 is 2.78 bits per heavy atom. The monoisotopic (exact) mass is 257 g/mol. The number of rotatable bonds is 1. The Hall–Kier alpha value is -1.88. The van der Waals surface area contributed by atoms with Crippen molar-refractivity contribution in [3.05, 3.63) is 40.7 Å². The Balaban J connectivity index is 2.52. The molecule has 1 aromatic rings. The van der Waals surface area contributed by atoms with Gasteiger partial charge in [0.25, 0.3) is 5.56 Å². The van der Waals surface area contributed by atoms with Crippen LogP contribution in [0.2, 0.25) is 0 Å². The highest BCUT2D eigenvalue weighted by molar-refractivity contribution is 7.98. The fourth-order valence-corrected chi connectivity index (χ4v) is 2.43. The molecule has 2 heterocycles. The molecule has 0 radical (unpaired) electrons. The molecular formula is C13H11N3OS. The fraction of sp³-hybridized carbons (Fsp3) is 0.154. The maximum Gasteiger partial charge on any atom is 0.283 e. The quantitative estimate of drug-likeness (QED) is 0.381. The van der Waals surface area contributed by atoms with Crippen LogP contribution in [0, 0.1) is 0 Å². The van der Waals surface area contributed by atoms with Crippen molar-refractivity contribution in [2.75, 3.05) is 6.26 Å². The summed E-state index contributed by atoms with van der Waals surface area (Å²) < 4.78 is 1.94. The van der Waals surface area contributed by atoms with Crippen LogP contribution in [0.1, 0.15) is 0 Å². The molecule has 0 aliphatic carbocycles. The summed E-state index contributed by atoms with van der Waals surface area (Å²) >= 11 is 1.38. The van der Waals surface area contributed by atoms with Crippen LogP contribution in [0.25, 0.3) is 22.3 Å². The Morgan fingerprint density at radius 1 is 1.22 bits per heavy atom. The first-order valence-corrected chi connectivity index (χ1v) is 6.73. The minimum atomic E-state index is -0.217. The van der Waals surface area contributed by atoms with Crippen molar-refractivity contribution in [3.63, 3.8) is 0 Å². The third-order valence-corrected chi connectivity index (χ3v) is 3.52. The van der Waals surface area contributed by atoms with Crippen molar-refractivity contribution in [1.29, 1.82) is 0 Å². The number of aryl methyl sites for hydroxylation is 1.